The van der Waals surface area contributed by atoms with Crippen molar-refractivity contribution in [2.24, 2.45) is 5.41 Å². The summed E-state index contributed by atoms with van der Waals surface area (Å²) in [6.07, 6.45) is 1.34. The fourth-order valence-electron chi connectivity index (χ4n) is 4.41. The van der Waals surface area contributed by atoms with Crippen LogP contribution in [0.25, 0.3) is 11.4 Å². The lowest BCUT2D eigenvalue weighted by Gasteiger charge is -2.38. The van der Waals surface area contributed by atoms with E-state index in [9.17, 15) is 4.79 Å². The molecule has 0 radical (unpaired) electrons. The second-order valence-electron chi connectivity index (χ2n) is 8.70. The van der Waals surface area contributed by atoms with Crippen molar-refractivity contribution in [1.82, 2.24) is 14.8 Å². The SMILES string of the molecule is COc1ccc(-c2nc3n(n2)[C@H](c2ccccc2)C2=C(CC(C)(C)CC2=O)N3)cc1. The summed E-state index contributed by atoms with van der Waals surface area (Å²) in [6, 6.07) is 17.5. The first-order valence-corrected chi connectivity index (χ1v) is 10.1. The summed E-state index contributed by atoms with van der Waals surface area (Å²) in [6.45, 7) is 4.27. The Bertz CT molecular complexity index is 1140. The molecule has 1 aliphatic carbocycles. The third-order valence-electron chi connectivity index (χ3n) is 5.80. The number of aromatic nitrogens is 3. The fourth-order valence-corrected chi connectivity index (χ4v) is 4.41. The monoisotopic (exact) mass is 400 g/mol. The summed E-state index contributed by atoms with van der Waals surface area (Å²) < 4.78 is 7.11. The van der Waals surface area contributed by atoms with Crippen LogP contribution >= 0.6 is 0 Å². The molecule has 0 spiro atoms. The Labute approximate surface area is 175 Å². The predicted octanol–water partition coefficient (Wildman–Crippen LogP) is 4.61. The number of hydrogen-bond acceptors (Lipinski definition) is 5. The zero-order valence-electron chi connectivity index (χ0n) is 17.3. The molecule has 1 atom stereocenters. The van der Waals surface area contributed by atoms with Crippen molar-refractivity contribution >= 4 is 11.7 Å². The first kappa shape index (κ1) is 18.6. The van der Waals surface area contributed by atoms with Crippen LogP contribution < -0.4 is 10.1 Å². The molecule has 0 saturated heterocycles. The summed E-state index contributed by atoms with van der Waals surface area (Å²) in [7, 11) is 1.64. The van der Waals surface area contributed by atoms with Crippen molar-refractivity contribution in [1.29, 1.82) is 0 Å². The van der Waals surface area contributed by atoms with E-state index in [-0.39, 0.29) is 17.2 Å². The minimum Gasteiger partial charge on any atom is -0.497 e. The zero-order chi connectivity index (χ0) is 20.9. The lowest BCUT2D eigenvalue weighted by Crippen LogP contribution is -2.36. The quantitative estimate of drug-likeness (QED) is 0.695. The molecule has 0 bridgehead atoms. The van der Waals surface area contributed by atoms with Crippen LogP contribution in [0.4, 0.5) is 5.95 Å². The van der Waals surface area contributed by atoms with Gasteiger partial charge in [0.1, 0.15) is 11.8 Å². The maximum Gasteiger partial charge on any atom is 0.226 e. The average molecular weight is 400 g/mol. The maximum atomic E-state index is 13.2. The van der Waals surface area contributed by atoms with Gasteiger partial charge in [-0.2, -0.15) is 4.98 Å². The molecule has 3 aromatic rings. The molecule has 6 heteroatoms. The highest BCUT2D eigenvalue weighted by Crippen LogP contribution is 2.45. The highest BCUT2D eigenvalue weighted by molar-refractivity contribution is 6.00. The summed E-state index contributed by atoms with van der Waals surface area (Å²) in [5.41, 5.74) is 3.62. The molecule has 0 amide bonds. The number of benzene rings is 2. The minimum atomic E-state index is -0.277. The molecule has 0 saturated carbocycles. The number of hydrogen-bond donors (Lipinski definition) is 1. The highest BCUT2D eigenvalue weighted by atomic mass is 16.5. The van der Waals surface area contributed by atoms with Crippen LogP contribution in [-0.2, 0) is 4.79 Å². The molecule has 5 rings (SSSR count). The van der Waals surface area contributed by atoms with Crippen LogP contribution in [0.5, 0.6) is 5.75 Å². The van der Waals surface area contributed by atoms with Crippen molar-refractivity contribution < 1.29 is 9.53 Å². The topological polar surface area (TPSA) is 69.0 Å². The molecule has 1 aromatic heterocycles. The van der Waals surface area contributed by atoms with E-state index in [2.05, 4.69) is 19.2 Å². The van der Waals surface area contributed by atoms with Crippen molar-refractivity contribution in [3.63, 3.8) is 0 Å². The van der Waals surface area contributed by atoms with Crippen LogP contribution in [0, 0.1) is 5.41 Å². The molecule has 6 nitrogen and oxygen atoms in total. The smallest absolute Gasteiger partial charge is 0.226 e. The van der Waals surface area contributed by atoms with E-state index in [1.807, 2.05) is 59.3 Å². The first-order valence-electron chi connectivity index (χ1n) is 10.1. The van der Waals surface area contributed by atoms with Crippen LogP contribution in [0.1, 0.15) is 38.3 Å². The summed E-state index contributed by atoms with van der Waals surface area (Å²) in [5, 5.41) is 8.23. The zero-order valence-corrected chi connectivity index (χ0v) is 17.3. The fraction of sp³-hybridized carbons (Fsp3) is 0.292. The van der Waals surface area contributed by atoms with Gasteiger partial charge in [-0.25, -0.2) is 4.68 Å². The van der Waals surface area contributed by atoms with Gasteiger partial charge in [0, 0.05) is 23.3 Å². The molecule has 2 aromatic carbocycles. The molecule has 0 fully saturated rings. The van der Waals surface area contributed by atoms with E-state index in [4.69, 9.17) is 14.8 Å². The van der Waals surface area contributed by atoms with Gasteiger partial charge >= 0.3 is 0 Å². The molecular formula is C24H24N4O2. The Morgan fingerprint density at radius 3 is 2.50 bits per heavy atom. The van der Waals surface area contributed by atoms with Crippen LogP contribution in [0.3, 0.4) is 0 Å². The normalized spacial score (nSPS) is 19.7. The molecule has 30 heavy (non-hydrogen) atoms. The number of ether oxygens (including phenoxy) is 1. The van der Waals surface area contributed by atoms with E-state index in [0.717, 1.165) is 34.6 Å². The van der Waals surface area contributed by atoms with E-state index >= 15 is 0 Å². The molecule has 1 N–H and O–H groups in total. The Morgan fingerprint density at radius 1 is 1.07 bits per heavy atom. The largest absolute Gasteiger partial charge is 0.497 e. The van der Waals surface area contributed by atoms with Gasteiger partial charge < -0.3 is 10.1 Å². The molecule has 2 heterocycles. The number of methoxy groups -OCH3 is 1. The molecule has 1 aliphatic heterocycles. The van der Waals surface area contributed by atoms with Crippen LogP contribution in [-0.4, -0.2) is 27.7 Å². The summed E-state index contributed by atoms with van der Waals surface area (Å²) in [5.74, 6) is 2.24. The number of fused-ring (bicyclic) bond motifs is 1. The van der Waals surface area contributed by atoms with Gasteiger partial charge in [0.25, 0.3) is 0 Å². The Kier molecular flexibility index (Phi) is 4.24. The summed E-state index contributed by atoms with van der Waals surface area (Å²) >= 11 is 0. The second-order valence-corrected chi connectivity index (χ2v) is 8.70. The predicted molar refractivity (Wildman–Crippen MR) is 115 cm³/mol. The van der Waals surface area contributed by atoms with Crippen LogP contribution in [0.15, 0.2) is 65.9 Å². The number of rotatable bonds is 3. The van der Waals surface area contributed by atoms with E-state index in [1.54, 1.807) is 7.11 Å². The summed E-state index contributed by atoms with van der Waals surface area (Å²) in [4.78, 5) is 18.0. The van der Waals surface area contributed by atoms with Gasteiger partial charge in [-0.1, -0.05) is 44.2 Å². The maximum absolute atomic E-state index is 13.2. The first-order chi connectivity index (χ1) is 14.4. The molecule has 2 aliphatic rings. The van der Waals surface area contributed by atoms with Gasteiger partial charge in [-0.3, -0.25) is 4.79 Å². The number of nitrogens with zero attached hydrogens (tertiary/aromatic N) is 3. The molecular weight excluding hydrogens is 376 g/mol. The van der Waals surface area contributed by atoms with Gasteiger partial charge in [-0.15, -0.1) is 5.10 Å². The highest BCUT2D eigenvalue weighted by Gasteiger charge is 2.41. The van der Waals surface area contributed by atoms with Crippen molar-refractivity contribution in [2.75, 3.05) is 12.4 Å². The number of carbonyl (C=O) groups excluding carboxylic acids is 1. The van der Waals surface area contributed by atoms with E-state index in [0.29, 0.717) is 18.2 Å². The van der Waals surface area contributed by atoms with Crippen molar-refractivity contribution in [3.05, 3.63) is 71.4 Å². The molecule has 0 unspecified atom stereocenters. The third-order valence-corrected chi connectivity index (χ3v) is 5.80. The van der Waals surface area contributed by atoms with Crippen LogP contribution in [0.2, 0.25) is 0 Å². The minimum absolute atomic E-state index is 0.0782. The van der Waals surface area contributed by atoms with Gasteiger partial charge in [0.2, 0.25) is 5.95 Å². The number of anilines is 1. The van der Waals surface area contributed by atoms with E-state index in [1.165, 1.54) is 0 Å². The number of allylic oxidation sites excluding steroid dienone is 2. The van der Waals surface area contributed by atoms with Gasteiger partial charge in [0.15, 0.2) is 11.6 Å². The van der Waals surface area contributed by atoms with Gasteiger partial charge in [-0.05, 0) is 41.7 Å². The molecule has 152 valence electrons. The Morgan fingerprint density at radius 2 is 1.80 bits per heavy atom. The lowest BCUT2D eigenvalue weighted by atomic mass is 9.73. The third kappa shape index (κ3) is 3.09. The van der Waals surface area contributed by atoms with Gasteiger partial charge in [0.05, 0.1) is 7.11 Å². The number of Topliss-reactive ketones (excluding diaryl/α,β-unsaturated/α-hetero) is 1. The standard InChI is InChI=1S/C24H24N4O2/c1-24(2)13-18-20(19(29)14-24)21(15-7-5-4-6-8-15)28-23(25-18)26-22(27-28)16-9-11-17(30-3)12-10-16/h4-12,21H,13-14H2,1-3H3,(H,25,26,27)/t21-/m1/s1. The Hall–Kier alpha value is -3.41. The van der Waals surface area contributed by atoms with Crippen molar-refractivity contribution in [3.8, 4) is 17.1 Å². The average Bonchev–Trinajstić information content (AvgIpc) is 3.15. The van der Waals surface area contributed by atoms with E-state index < -0.39 is 0 Å². The Balaban J connectivity index is 1.64. The number of carbonyl (C=O) groups is 1. The number of ketones is 1. The van der Waals surface area contributed by atoms with Crippen molar-refractivity contribution in [2.45, 2.75) is 32.7 Å². The second kappa shape index (κ2) is 6.83. The number of nitrogens with one attached hydrogen (secondary N) is 1. The lowest BCUT2D eigenvalue weighted by molar-refractivity contribution is -0.118.